The molecule has 0 N–H and O–H groups in total. The Morgan fingerprint density at radius 2 is 1.67 bits per heavy atom. The fourth-order valence-corrected chi connectivity index (χ4v) is 2.26. The third kappa shape index (κ3) is 2.92. The van der Waals surface area contributed by atoms with Crippen molar-refractivity contribution in [1.29, 1.82) is 0 Å². The molecule has 15 heavy (non-hydrogen) atoms. The van der Waals surface area contributed by atoms with E-state index in [1.807, 2.05) is 18.2 Å². The van der Waals surface area contributed by atoms with Gasteiger partial charge in [0.15, 0.2) is 0 Å². The molecule has 0 aliphatic carbocycles. The lowest BCUT2D eigenvalue weighted by Crippen LogP contribution is -2.18. The van der Waals surface area contributed by atoms with Crippen LogP contribution in [-0.4, -0.2) is 5.78 Å². The van der Waals surface area contributed by atoms with Gasteiger partial charge in [0.1, 0.15) is 5.78 Å². The summed E-state index contributed by atoms with van der Waals surface area (Å²) in [6.45, 7) is 6.02. The second-order valence-corrected chi connectivity index (χ2v) is 4.08. The number of carbonyl (C=O) groups excluding carboxylic acids is 1. The van der Waals surface area contributed by atoms with E-state index in [1.165, 1.54) is 5.56 Å². The van der Waals surface area contributed by atoms with Crippen LogP contribution < -0.4 is 0 Å². The summed E-state index contributed by atoms with van der Waals surface area (Å²) in [6, 6.07) is 10.1. The van der Waals surface area contributed by atoms with Gasteiger partial charge < -0.3 is 0 Å². The zero-order chi connectivity index (χ0) is 11.3. The van der Waals surface area contributed by atoms with Gasteiger partial charge in [-0.05, 0) is 18.4 Å². The highest BCUT2D eigenvalue weighted by Crippen LogP contribution is 2.30. The highest BCUT2D eigenvalue weighted by Gasteiger charge is 2.24. The first-order chi connectivity index (χ1) is 7.20. The maximum absolute atomic E-state index is 11.7. The van der Waals surface area contributed by atoms with Crippen LogP contribution in [-0.2, 0) is 4.79 Å². The topological polar surface area (TPSA) is 17.1 Å². The molecule has 1 rings (SSSR count). The number of benzene rings is 1. The van der Waals surface area contributed by atoms with E-state index in [1.54, 1.807) is 6.92 Å². The van der Waals surface area contributed by atoms with Gasteiger partial charge in [-0.2, -0.15) is 0 Å². The lowest BCUT2D eigenvalue weighted by atomic mass is 9.80. The molecule has 0 bridgehead atoms. The van der Waals surface area contributed by atoms with Crippen LogP contribution in [0.1, 0.15) is 45.1 Å². The van der Waals surface area contributed by atoms with Gasteiger partial charge in [0.25, 0.3) is 0 Å². The molecule has 0 heterocycles. The molecule has 0 amide bonds. The van der Waals surface area contributed by atoms with E-state index < -0.39 is 0 Å². The molecule has 0 spiro atoms. The van der Waals surface area contributed by atoms with E-state index in [0.29, 0.717) is 5.92 Å². The van der Waals surface area contributed by atoms with E-state index in [4.69, 9.17) is 0 Å². The van der Waals surface area contributed by atoms with E-state index >= 15 is 0 Å². The van der Waals surface area contributed by atoms with Gasteiger partial charge in [-0.25, -0.2) is 0 Å². The predicted molar refractivity (Wildman–Crippen MR) is 63.9 cm³/mol. The molecule has 0 aliphatic heterocycles. The highest BCUT2D eigenvalue weighted by molar-refractivity contribution is 5.83. The number of hydrogen-bond donors (Lipinski definition) is 0. The Labute approximate surface area is 92.5 Å². The van der Waals surface area contributed by atoms with Crippen LogP contribution in [0.5, 0.6) is 0 Å². The van der Waals surface area contributed by atoms with E-state index in [0.717, 1.165) is 12.8 Å². The summed E-state index contributed by atoms with van der Waals surface area (Å²) < 4.78 is 0. The molecule has 0 fully saturated rings. The molecule has 0 saturated carbocycles. The average molecular weight is 204 g/mol. The van der Waals surface area contributed by atoms with Crippen molar-refractivity contribution in [3.8, 4) is 0 Å². The summed E-state index contributed by atoms with van der Waals surface area (Å²) >= 11 is 0. The van der Waals surface area contributed by atoms with Crippen LogP contribution in [0.4, 0.5) is 0 Å². The van der Waals surface area contributed by atoms with Crippen LogP contribution in [0.15, 0.2) is 30.3 Å². The van der Waals surface area contributed by atoms with Gasteiger partial charge in [-0.1, -0.05) is 57.0 Å². The van der Waals surface area contributed by atoms with Gasteiger partial charge >= 0.3 is 0 Å². The summed E-state index contributed by atoms with van der Waals surface area (Å²) in [7, 11) is 0. The Morgan fingerprint density at radius 3 is 2.07 bits per heavy atom. The summed E-state index contributed by atoms with van der Waals surface area (Å²) in [5.74, 6) is 0.848. The largest absolute Gasteiger partial charge is 0.299 e. The van der Waals surface area contributed by atoms with Crippen molar-refractivity contribution in [3.05, 3.63) is 35.9 Å². The monoisotopic (exact) mass is 204 g/mol. The smallest absolute Gasteiger partial charge is 0.137 e. The van der Waals surface area contributed by atoms with Crippen molar-refractivity contribution in [2.24, 2.45) is 5.92 Å². The molecule has 1 aromatic carbocycles. The normalized spacial score (nSPS) is 12.8. The maximum Gasteiger partial charge on any atom is 0.137 e. The van der Waals surface area contributed by atoms with E-state index in [9.17, 15) is 4.79 Å². The van der Waals surface area contributed by atoms with Gasteiger partial charge in [0.05, 0.1) is 0 Å². The molecular weight excluding hydrogens is 184 g/mol. The summed E-state index contributed by atoms with van der Waals surface area (Å²) in [5.41, 5.74) is 1.17. The van der Waals surface area contributed by atoms with Crippen molar-refractivity contribution < 1.29 is 4.79 Å². The molecule has 1 aromatic rings. The van der Waals surface area contributed by atoms with Gasteiger partial charge in [-0.15, -0.1) is 0 Å². The minimum absolute atomic E-state index is 0.0844. The van der Waals surface area contributed by atoms with Gasteiger partial charge in [0, 0.05) is 5.92 Å². The molecule has 1 nitrogen and oxygen atoms in total. The van der Waals surface area contributed by atoms with Crippen LogP contribution in [0, 0.1) is 5.92 Å². The van der Waals surface area contributed by atoms with Crippen LogP contribution in [0.3, 0.4) is 0 Å². The van der Waals surface area contributed by atoms with E-state index in [-0.39, 0.29) is 11.7 Å². The third-order valence-electron chi connectivity index (χ3n) is 3.12. The van der Waals surface area contributed by atoms with Crippen molar-refractivity contribution in [2.45, 2.75) is 39.5 Å². The van der Waals surface area contributed by atoms with Crippen molar-refractivity contribution in [1.82, 2.24) is 0 Å². The first-order valence-corrected chi connectivity index (χ1v) is 5.76. The Hall–Kier alpha value is -1.11. The average Bonchev–Trinajstić information content (AvgIpc) is 2.26. The zero-order valence-electron chi connectivity index (χ0n) is 9.86. The zero-order valence-corrected chi connectivity index (χ0v) is 9.86. The van der Waals surface area contributed by atoms with Crippen molar-refractivity contribution in [2.75, 3.05) is 0 Å². The van der Waals surface area contributed by atoms with Crippen molar-refractivity contribution in [3.63, 3.8) is 0 Å². The van der Waals surface area contributed by atoms with Gasteiger partial charge in [-0.3, -0.25) is 4.79 Å². The second-order valence-electron chi connectivity index (χ2n) is 4.08. The van der Waals surface area contributed by atoms with E-state index in [2.05, 4.69) is 26.0 Å². The number of carbonyl (C=O) groups is 1. The summed E-state index contributed by atoms with van der Waals surface area (Å²) in [5, 5.41) is 0. The predicted octanol–water partition coefficient (Wildman–Crippen LogP) is 3.80. The SMILES string of the molecule is CCC(CC)C(C(C)=O)c1ccccc1. The molecule has 0 radical (unpaired) electrons. The summed E-state index contributed by atoms with van der Waals surface area (Å²) in [4.78, 5) is 11.7. The Bertz CT molecular complexity index is 298. The standard InChI is InChI=1S/C14H20O/c1-4-12(5-2)14(11(3)15)13-9-7-6-8-10-13/h6-10,12,14H,4-5H2,1-3H3. The maximum atomic E-state index is 11.7. The molecule has 1 atom stereocenters. The molecular formula is C14H20O. The fraction of sp³-hybridized carbons (Fsp3) is 0.500. The van der Waals surface area contributed by atoms with Crippen LogP contribution >= 0.6 is 0 Å². The first-order valence-electron chi connectivity index (χ1n) is 5.76. The minimum Gasteiger partial charge on any atom is -0.299 e. The number of Topliss-reactive ketones (excluding diaryl/α,β-unsaturated/α-hetero) is 1. The second kappa shape index (κ2) is 5.69. The molecule has 0 aliphatic rings. The number of rotatable bonds is 5. The fourth-order valence-electron chi connectivity index (χ4n) is 2.26. The third-order valence-corrected chi connectivity index (χ3v) is 3.12. The quantitative estimate of drug-likeness (QED) is 0.713. The molecule has 0 saturated heterocycles. The Kier molecular flexibility index (Phi) is 4.54. The molecule has 1 unspecified atom stereocenters. The molecule has 82 valence electrons. The first kappa shape index (κ1) is 12.0. The summed E-state index contributed by atoms with van der Waals surface area (Å²) in [6.07, 6.45) is 2.13. The molecule has 1 heteroatoms. The highest BCUT2D eigenvalue weighted by atomic mass is 16.1. The molecule has 0 aromatic heterocycles. The lowest BCUT2D eigenvalue weighted by Gasteiger charge is -2.23. The minimum atomic E-state index is 0.0844. The number of hydrogen-bond acceptors (Lipinski definition) is 1. The van der Waals surface area contributed by atoms with Gasteiger partial charge in [0.2, 0.25) is 0 Å². The Balaban J connectivity index is 2.97. The lowest BCUT2D eigenvalue weighted by molar-refractivity contribution is -0.119. The number of ketones is 1. The van der Waals surface area contributed by atoms with Crippen LogP contribution in [0.25, 0.3) is 0 Å². The van der Waals surface area contributed by atoms with Crippen LogP contribution in [0.2, 0.25) is 0 Å². The van der Waals surface area contributed by atoms with Crippen molar-refractivity contribution >= 4 is 5.78 Å². The Morgan fingerprint density at radius 1 is 1.13 bits per heavy atom.